The highest BCUT2D eigenvalue weighted by Crippen LogP contribution is 2.25. The zero-order valence-electron chi connectivity index (χ0n) is 15.1. The maximum atomic E-state index is 12.5. The van der Waals surface area contributed by atoms with Crippen molar-refractivity contribution in [3.05, 3.63) is 107 Å². The van der Waals surface area contributed by atoms with Gasteiger partial charge in [-0.2, -0.15) is 0 Å². The Morgan fingerprint density at radius 3 is 2.33 bits per heavy atom. The highest BCUT2D eigenvalue weighted by Gasteiger charge is 2.09. The van der Waals surface area contributed by atoms with E-state index in [0.717, 1.165) is 27.9 Å². The molecule has 0 radical (unpaired) electrons. The minimum absolute atomic E-state index is 0.0248. The summed E-state index contributed by atoms with van der Waals surface area (Å²) < 4.78 is 6.00. The molecule has 27 heavy (non-hydrogen) atoms. The van der Waals surface area contributed by atoms with Crippen molar-refractivity contribution in [1.29, 1.82) is 0 Å². The van der Waals surface area contributed by atoms with E-state index in [-0.39, 0.29) is 5.78 Å². The van der Waals surface area contributed by atoms with Gasteiger partial charge in [0, 0.05) is 22.2 Å². The summed E-state index contributed by atoms with van der Waals surface area (Å²) in [5.41, 5.74) is 4.20. The molecule has 0 N–H and O–H groups in total. The van der Waals surface area contributed by atoms with Crippen LogP contribution in [0, 0.1) is 6.92 Å². The molecule has 0 atom stereocenters. The SMILES string of the molecule is Cc1ccc2cccc(OCc3ccc(C(=O)c4ccccc4)cc3)c2n1. The molecule has 0 unspecified atom stereocenters. The Bertz CT molecular complexity index is 1090. The number of aromatic nitrogens is 1. The van der Waals surface area contributed by atoms with Crippen molar-refractivity contribution in [2.24, 2.45) is 0 Å². The minimum Gasteiger partial charge on any atom is -0.487 e. The number of pyridine rings is 1. The first kappa shape index (κ1) is 17.0. The standard InChI is InChI=1S/C24H19NO2/c1-17-10-13-19-8-5-9-22(23(19)25-17)27-16-18-11-14-21(15-12-18)24(26)20-6-3-2-4-7-20/h2-15H,16H2,1H3. The van der Waals surface area contributed by atoms with Crippen LogP contribution in [0.4, 0.5) is 0 Å². The molecule has 0 amide bonds. The Labute approximate surface area is 158 Å². The number of benzene rings is 3. The van der Waals surface area contributed by atoms with Crippen LogP contribution in [0.3, 0.4) is 0 Å². The van der Waals surface area contributed by atoms with Crippen molar-refractivity contribution in [3.8, 4) is 5.75 Å². The average molecular weight is 353 g/mol. The van der Waals surface area contributed by atoms with Crippen LogP contribution < -0.4 is 4.74 Å². The second-order valence-electron chi connectivity index (χ2n) is 6.46. The summed E-state index contributed by atoms with van der Waals surface area (Å²) in [6.07, 6.45) is 0. The Kier molecular flexibility index (Phi) is 4.67. The molecule has 0 aliphatic carbocycles. The van der Waals surface area contributed by atoms with Crippen molar-refractivity contribution in [1.82, 2.24) is 4.98 Å². The molecule has 1 heterocycles. The van der Waals surface area contributed by atoms with Crippen molar-refractivity contribution in [2.45, 2.75) is 13.5 Å². The number of nitrogens with zero attached hydrogens (tertiary/aromatic N) is 1. The van der Waals surface area contributed by atoms with E-state index in [1.165, 1.54) is 0 Å². The first-order valence-electron chi connectivity index (χ1n) is 8.88. The van der Waals surface area contributed by atoms with Crippen LogP contribution in [0.5, 0.6) is 5.75 Å². The van der Waals surface area contributed by atoms with Crippen molar-refractivity contribution in [3.63, 3.8) is 0 Å². The monoisotopic (exact) mass is 353 g/mol. The Hall–Kier alpha value is -3.46. The molecule has 3 nitrogen and oxygen atoms in total. The summed E-state index contributed by atoms with van der Waals surface area (Å²) in [6.45, 7) is 2.40. The molecule has 0 spiro atoms. The topological polar surface area (TPSA) is 39.2 Å². The lowest BCUT2D eigenvalue weighted by Gasteiger charge is -2.10. The van der Waals surface area contributed by atoms with Crippen LogP contribution >= 0.6 is 0 Å². The number of hydrogen-bond acceptors (Lipinski definition) is 3. The fourth-order valence-corrected chi connectivity index (χ4v) is 3.00. The molecule has 0 saturated carbocycles. The van der Waals surface area contributed by atoms with E-state index in [9.17, 15) is 4.79 Å². The summed E-state index contributed by atoms with van der Waals surface area (Å²) in [4.78, 5) is 17.1. The molecule has 3 aromatic carbocycles. The number of ether oxygens (including phenoxy) is 1. The van der Waals surface area contributed by atoms with Gasteiger partial charge in [-0.05, 0) is 24.6 Å². The fourth-order valence-electron chi connectivity index (χ4n) is 3.00. The highest BCUT2D eigenvalue weighted by atomic mass is 16.5. The number of hydrogen-bond donors (Lipinski definition) is 0. The molecular formula is C24H19NO2. The van der Waals surface area contributed by atoms with Crippen LogP contribution in [0.1, 0.15) is 27.2 Å². The summed E-state index contributed by atoms with van der Waals surface area (Å²) in [7, 11) is 0. The van der Waals surface area contributed by atoms with Gasteiger partial charge < -0.3 is 4.74 Å². The Balaban J connectivity index is 1.50. The largest absolute Gasteiger partial charge is 0.487 e. The maximum absolute atomic E-state index is 12.5. The van der Waals surface area contributed by atoms with Gasteiger partial charge in [-0.15, -0.1) is 0 Å². The molecule has 0 saturated heterocycles. The first-order valence-corrected chi connectivity index (χ1v) is 8.88. The molecule has 0 bridgehead atoms. The second kappa shape index (κ2) is 7.42. The quantitative estimate of drug-likeness (QED) is 0.454. The van der Waals surface area contributed by atoms with Crippen LogP contribution in [-0.4, -0.2) is 10.8 Å². The third-order valence-electron chi connectivity index (χ3n) is 4.47. The first-order chi connectivity index (χ1) is 13.2. The van der Waals surface area contributed by atoms with Crippen molar-refractivity contribution in [2.75, 3.05) is 0 Å². The van der Waals surface area contributed by atoms with Crippen molar-refractivity contribution < 1.29 is 9.53 Å². The number of ketones is 1. The van der Waals surface area contributed by atoms with Gasteiger partial charge in [0.2, 0.25) is 0 Å². The summed E-state index contributed by atoms with van der Waals surface area (Å²) in [5.74, 6) is 0.789. The minimum atomic E-state index is 0.0248. The third kappa shape index (κ3) is 3.72. The van der Waals surface area contributed by atoms with E-state index in [0.29, 0.717) is 17.7 Å². The van der Waals surface area contributed by atoms with Crippen LogP contribution in [0.15, 0.2) is 84.9 Å². The van der Waals surface area contributed by atoms with E-state index < -0.39 is 0 Å². The zero-order chi connectivity index (χ0) is 18.6. The summed E-state index contributed by atoms with van der Waals surface area (Å²) in [6, 6.07) is 26.8. The van der Waals surface area contributed by atoms with Gasteiger partial charge in [-0.3, -0.25) is 4.79 Å². The number of rotatable bonds is 5. The Morgan fingerprint density at radius 1 is 0.815 bits per heavy atom. The lowest BCUT2D eigenvalue weighted by Crippen LogP contribution is -2.02. The van der Waals surface area contributed by atoms with Gasteiger partial charge in [0.15, 0.2) is 5.78 Å². The molecule has 3 heteroatoms. The van der Waals surface area contributed by atoms with E-state index in [2.05, 4.69) is 11.1 Å². The van der Waals surface area contributed by atoms with Gasteiger partial charge >= 0.3 is 0 Å². The molecule has 4 aromatic rings. The van der Waals surface area contributed by atoms with Gasteiger partial charge in [0.05, 0.1) is 0 Å². The predicted octanol–water partition coefficient (Wildman–Crippen LogP) is 5.35. The number of fused-ring (bicyclic) bond motifs is 1. The highest BCUT2D eigenvalue weighted by molar-refractivity contribution is 6.08. The molecule has 132 valence electrons. The zero-order valence-corrected chi connectivity index (χ0v) is 15.1. The lowest BCUT2D eigenvalue weighted by atomic mass is 10.0. The van der Waals surface area contributed by atoms with Crippen LogP contribution in [0.25, 0.3) is 10.9 Å². The van der Waals surface area contributed by atoms with E-state index in [4.69, 9.17) is 4.74 Å². The predicted molar refractivity (Wildman–Crippen MR) is 107 cm³/mol. The average Bonchev–Trinajstić information content (AvgIpc) is 2.73. The molecule has 1 aromatic heterocycles. The lowest BCUT2D eigenvalue weighted by molar-refractivity contribution is 0.103. The van der Waals surface area contributed by atoms with Gasteiger partial charge in [-0.1, -0.05) is 72.8 Å². The van der Waals surface area contributed by atoms with E-state index in [1.54, 1.807) is 0 Å². The maximum Gasteiger partial charge on any atom is 0.193 e. The van der Waals surface area contributed by atoms with Crippen LogP contribution in [0.2, 0.25) is 0 Å². The summed E-state index contributed by atoms with van der Waals surface area (Å²) >= 11 is 0. The molecule has 4 rings (SSSR count). The normalized spacial score (nSPS) is 10.7. The second-order valence-corrected chi connectivity index (χ2v) is 6.46. The molecule has 0 aliphatic rings. The summed E-state index contributed by atoms with van der Waals surface area (Å²) in [5, 5.41) is 1.06. The number of carbonyl (C=O) groups excluding carboxylic acids is 1. The number of carbonyl (C=O) groups is 1. The third-order valence-corrected chi connectivity index (χ3v) is 4.47. The molecule has 0 aliphatic heterocycles. The molecular weight excluding hydrogens is 334 g/mol. The van der Waals surface area contributed by atoms with Gasteiger partial charge in [-0.25, -0.2) is 4.98 Å². The van der Waals surface area contributed by atoms with Gasteiger partial charge in [0.25, 0.3) is 0 Å². The number of aryl methyl sites for hydroxylation is 1. The smallest absolute Gasteiger partial charge is 0.193 e. The van der Waals surface area contributed by atoms with Crippen molar-refractivity contribution >= 4 is 16.7 Å². The fraction of sp³-hybridized carbons (Fsp3) is 0.0833. The number of para-hydroxylation sites is 1. The van der Waals surface area contributed by atoms with Crippen LogP contribution in [-0.2, 0) is 6.61 Å². The van der Waals surface area contributed by atoms with E-state index in [1.807, 2.05) is 85.8 Å². The van der Waals surface area contributed by atoms with E-state index >= 15 is 0 Å². The Morgan fingerprint density at radius 2 is 1.56 bits per heavy atom. The molecule has 0 fully saturated rings. The van der Waals surface area contributed by atoms with Gasteiger partial charge in [0.1, 0.15) is 17.9 Å².